The summed E-state index contributed by atoms with van der Waals surface area (Å²) in [5.74, 6) is -0.751. The zero-order valence-electron chi connectivity index (χ0n) is 28.8. The summed E-state index contributed by atoms with van der Waals surface area (Å²) >= 11 is 0. The standard InChI is InChI=1S/C36H59NO5/c1-14-36(17-24-15-23(2)28(38)27(16-24)31(3,4)5,29(39)41-25-18-32(6,7)22-33(8,9)19-25)30(40)42-26-20-34(10,11)37-35(12,13)21-26/h15-16,25-26,37-38H,14,17-22H2,1-13H3. The van der Waals surface area contributed by atoms with Crippen LogP contribution < -0.4 is 5.32 Å². The van der Waals surface area contributed by atoms with Crippen LogP contribution in [0.5, 0.6) is 5.75 Å². The Bertz CT molecular complexity index is 1090. The predicted octanol–water partition coefficient (Wildman–Crippen LogP) is 7.94. The molecule has 0 bridgehead atoms. The second kappa shape index (κ2) is 11.4. The number of phenols is 1. The van der Waals surface area contributed by atoms with Gasteiger partial charge in [-0.2, -0.15) is 0 Å². The van der Waals surface area contributed by atoms with Gasteiger partial charge in [0.1, 0.15) is 18.0 Å². The zero-order valence-corrected chi connectivity index (χ0v) is 28.8. The molecule has 0 amide bonds. The smallest absolute Gasteiger partial charge is 0.324 e. The van der Waals surface area contributed by atoms with E-state index in [1.807, 2.05) is 46.8 Å². The average molecular weight is 586 g/mol. The van der Waals surface area contributed by atoms with Crippen LogP contribution in [0.25, 0.3) is 0 Å². The lowest BCUT2D eigenvalue weighted by atomic mass is 9.64. The van der Waals surface area contributed by atoms with Crippen molar-refractivity contribution in [1.82, 2.24) is 5.32 Å². The number of nitrogens with one attached hydrogen (secondary N) is 1. The van der Waals surface area contributed by atoms with Gasteiger partial charge in [0.05, 0.1) is 0 Å². The number of piperidine rings is 1. The van der Waals surface area contributed by atoms with E-state index in [1.54, 1.807) is 0 Å². The normalized spacial score (nSPS) is 23.5. The summed E-state index contributed by atoms with van der Waals surface area (Å²) < 4.78 is 12.6. The van der Waals surface area contributed by atoms with Gasteiger partial charge in [-0.25, -0.2) is 0 Å². The number of hydrogen-bond acceptors (Lipinski definition) is 6. The van der Waals surface area contributed by atoms with Crippen LogP contribution in [0.15, 0.2) is 12.1 Å². The van der Waals surface area contributed by atoms with Crippen LogP contribution in [0.2, 0.25) is 0 Å². The van der Waals surface area contributed by atoms with Gasteiger partial charge in [-0.3, -0.25) is 9.59 Å². The Morgan fingerprint density at radius 3 is 1.74 bits per heavy atom. The molecule has 42 heavy (non-hydrogen) atoms. The molecule has 2 N–H and O–H groups in total. The molecule has 1 aromatic carbocycles. The van der Waals surface area contributed by atoms with Gasteiger partial charge in [-0.15, -0.1) is 0 Å². The Morgan fingerprint density at radius 2 is 1.31 bits per heavy atom. The molecule has 3 rings (SSSR count). The summed E-state index contributed by atoms with van der Waals surface area (Å²) in [5, 5.41) is 14.5. The molecule has 0 radical (unpaired) electrons. The first-order chi connectivity index (χ1) is 18.9. The van der Waals surface area contributed by atoms with Crippen LogP contribution in [0.3, 0.4) is 0 Å². The molecule has 1 aliphatic carbocycles. The number of phenolic OH excluding ortho intramolecular Hbond substituents is 1. The number of rotatable bonds is 7. The number of hydrogen-bond donors (Lipinski definition) is 2. The van der Waals surface area contributed by atoms with Crippen molar-refractivity contribution in [3.63, 3.8) is 0 Å². The number of aromatic hydroxyl groups is 1. The first kappa shape index (κ1) is 34.4. The monoisotopic (exact) mass is 585 g/mol. The maximum Gasteiger partial charge on any atom is 0.324 e. The predicted molar refractivity (Wildman–Crippen MR) is 170 cm³/mol. The number of ether oxygens (including phenoxy) is 2. The molecule has 2 fully saturated rings. The lowest BCUT2D eigenvalue weighted by Gasteiger charge is -2.47. The van der Waals surface area contributed by atoms with Gasteiger partial charge < -0.3 is 19.9 Å². The van der Waals surface area contributed by atoms with Crippen molar-refractivity contribution in [2.45, 2.75) is 164 Å². The van der Waals surface area contributed by atoms with Crippen molar-refractivity contribution in [1.29, 1.82) is 0 Å². The molecule has 1 saturated carbocycles. The summed E-state index contributed by atoms with van der Waals surface area (Å²) in [7, 11) is 0. The van der Waals surface area contributed by atoms with Gasteiger partial charge in [0.25, 0.3) is 0 Å². The maximum absolute atomic E-state index is 14.4. The van der Waals surface area contributed by atoms with Crippen molar-refractivity contribution in [3.8, 4) is 5.75 Å². The fourth-order valence-electron chi connectivity index (χ4n) is 8.19. The van der Waals surface area contributed by atoms with E-state index < -0.39 is 17.4 Å². The van der Waals surface area contributed by atoms with E-state index in [-0.39, 0.29) is 58.1 Å². The van der Waals surface area contributed by atoms with Crippen LogP contribution >= 0.6 is 0 Å². The number of carbonyl (C=O) groups excluding carboxylic acids is 2. The Morgan fingerprint density at radius 1 is 0.857 bits per heavy atom. The van der Waals surface area contributed by atoms with Crippen LogP contribution in [-0.4, -0.2) is 40.3 Å². The molecule has 1 atom stereocenters. The molecule has 6 nitrogen and oxygen atoms in total. The number of esters is 2. The molecule has 1 heterocycles. The van der Waals surface area contributed by atoms with Crippen LogP contribution in [0.4, 0.5) is 0 Å². The minimum atomic E-state index is -1.50. The highest BCUT2D eigenvalue weighted by Crippen LogP contribution is 2.47. The average Bonchev–Trinajstić information content (AvgIpc) is 2.74. The molecule has 0 spiro atoms. The molecule has 6 heteroatoms. The van der Waals surface area contributed by atoms with Gasteiger partial charge in [-0.05, 0) is 99.7 Å². The molecule has 238 valence electrons. The van der Waals surface area contributed by atoms with Gasteiger partial charge >= 0.3 is 11.9 Å². The van der Waals surface area contributed by atoms with E-state index >= 15 is 0 Å². The summed E-state index contributed by atoms with van der Waals surface area (Å²) in [5.41, 5.74) is 0.169. The fraction of sp³-hybridized carbons (Fsp3) is 0.778. The van der Waals surface area contributed by atoms with E-state index in [9.17, 15) is 14.7 Å². The lowest BCUT2D eigenvalue weighted by molar-refractivity contribution is -0.184. The molecule has 1 aromatic rings. The van der Waals surface area contributed by atoms with E-state index in [1.165, 1.54) is 0 Å². The quantitative estimate of drug-likeness (QED) is 0.250. The van der Waals surface area contributed by atoms with E-state index in [0.717, 1.165) is 36.0 Å². The summed E-state index contributed by atoms with van der Waals surface area (Å²) in [4.78, 5) is 28.7. The van der Waals surface area contributed by atoms with E-state index in [4.69, 9.17) is 9.47 Å². The van der Waals surface area contributed by atoms with Gasteiger partial charge in [-0.1, -0.05) is 67.5 Å². The maximum atomic E-state index is 14.4. The third-order valence-corrected chi connectivity index (χ3v) is 9.28. The van der Waals surface area contributed by atoms with Crippen molar-refractivity contribution in [2.75, 3.05) is 0 Å². The third kappa shape index (κ3) is 8.09. The van der Waals surface area contributed by atoms with E-state index in [0.29, 0.717) is 12.8 Å². The molecular formula is C36H59NO5. The molecular weight excluding hydrogens is 526 g/mol. The largest absolute Gasteiger partial charge is 0.507 e. The highest BCUT2D eigenvalue weighted by Gasteiger charge is 2.51. The summed E-state index contributed by atoms with van der Waals surface area (Å²) in [6.45, 7) is 27.3. The molecule has 1 unspecified atom stereocenters. The van der Waals surface area contributed by atoms with Crippen LogP contribution in [-0.2, 0) is 30.9 Å². The molecule has 1 saturated heterocycles. The molecule has 2 aliphatic rings. The molecule has 1 aliphatic heterocycles. The van der Waals surface area contributed by atoms with Gasteiger partial charge in [0, 0.05) is 23.9 Å². The van der Waals surface area contributed by atoms with Crippen molar-refractivity contribution >= 4 is 11.9 Å². The topological polar surface area (TPSA) is 84.9 Å². The Hall–Kier alpha value is -2.08. The second-order valence-electron chi connectivity index (χ2n) is 17.4. The van der Waals surface area contributed by atoms with Gasteiger partial charge in [0.15, 0.2) is 5.41 Å². The summed E-state index contributed by atoms with van der Waals surface area (Å²) in [6, 6.07) is 3.83. The highest BCUT2D eigenvalue weighted by molar-refractivity contribution is 6.00. The zero-order chi connectivity index (χ0) is 32.1. The minimum Gasteiger partial charge on any atom is -0.507 e. The number of carbonyl (C=O) groups is 2. The number of aryl methyl sites for hydroxylation is 1. The second-order valence-corrected chi connectivity index (χ2v) is 17.4. The van der Waals surface area contributed by atoms with Crippen molar-refractivity contribution in [2.24, 2.45) is 16.2 Å². The Kier molecular flexibility index (Phi) is 9.38. The first-order valence-corrected chi connectivity index (χ1v) is 15.9. The highest BCUT2D eigenvalue weighted by atomic mass is 16.6. The van der Waals surface area contributed by atoms with E-state index in [2.05, 4.69) is 60.7 Å². The van der Waals surface area contributed by atoms with Crippen LogP contribution in [0, 0.1) is 23.2 Å². The lowest BCUT2D eigenvalue weighted by Crippen LogP contribution is -2.60. The Labute approximate surface area is 255 Å². The van der Waals surface area contributed by atoms with Crippen molar-refractivity contribution < 1.29 is 24.2 Å². The molecule has 0 aromatic heterocycles. The van der Waals surface area contributed by atoms with Crippen molar-refractivity contribution in [3.05, 3.63) is 28.8 Å². The van der Waals surface area contributed by atoms with Gasteiger partial charge in [0.2, 0.25) is 0 Å². The first-order valence-electron chi connectivity index (χ1n) is 15.9. The summed E-state index contributed by atoms with van der Waals surface area (Å²) in [6.07, 6.45) is 3.73. The minimum absolute atomic E-state index is 0.0318. The Balaban J connectivity index is 2.04. The number of benzene rings is 1. The SMILES string of the molecule is CCC(Cc1cc(C)c(O)c(C(C)(C)C)c1)(C(=O)OC1CC(C)(C)CC(C)(C)C1)C(=O)OC1CC(C)(C)NC(C)(C)C1. The van der Waals surface area contributed by atoms with Crippen LogP contribution in [0.1, 0.15) is 138 Å². The third-order valence-electron chi connectivity index (χ3n) is 9.28. The fourth-order valence-corrected chi connectivity index (χ4v) is 8.19.